The number of rotatable bonds is 7. The van der Waals surface area contributed by atoms with Crippen molar-refractivity contribution >= 4 is 22.5 Å². The number of benzene rings is 1. The van der Waals surface area contributed by atoms with Crippen molar-refractivity contribution in [1.29, 1.82) is 0 Å². The molecule has 1 aromatic carbocycles. The highest BCUT2D eigenvalue weighted by Crippen LogP contribution is 2.43. The summed E-state index contributed by atoms with van der Waals surface area (Å²) < 4.78 is 49.1. The Morgan fingerprint density at radius 2 is 2.00 bits per heavy atom. The van der Waals surface area contributed by atoms with Crippen molar-refractivity contribution < 1.29 is 27.2 Å². The van der Waals surface area contributed by atoms with Gasteiger partial charge in [0.2, 0.25) is 0 Å². The van der Waals surface area contributed by atoms with Crippen molar-refractivity contribution in [3.05, 3.63) is 41.4 Å². The number of likely N-dealkylation sites (tertiary alicyclic amines) is 1. The maximum absolute atomic E-state index is 12.7. The van der Waals surface area contributed by atoms with Gasteiger partial charge in [-0.15, -0.1) is 0 Å². The number of halogens is 3. The summed E-state index contributed by atoms with van der Waals surface area (Å²) in [4.78, 5) is 17.4. The highest BCUT2D eigenvalue weighted by molar-refractivity contribution is 6.10. The van der Waals surface area contributed by atoms with Crippen LogP contribution in [0.5, 0.6) is 5.75 Å². The maximum Gasteiger partial charge on any atom is 0.401 e. The predicted octanol–water partition coefficient (Wildman–Crippen LogP) is 5.31. The molecule has 2 aromatic heterocycles. The van der Waals surface area contributed by atoms with Gasteiger partial charge in [-0.1, -0.05) is 5.16 Å². The Balaban J connectivity index is 1.15. The molecule has 10 heteroatoms. The molecule has 188 valence electrons. The highest BCUT2D eigenvalue weighted by Gasteiger charge is 2.43. The number of nitrogens with one attached hydrogen (secondary N) is 2. The molecule has 1 amide bonds. The summed E-state index contributed by atoms with van der Waals surface area (Å²) in [6.07, 6.45) is 0.439. The zero-order valence-electron chi connectivity index (χ0n) is 19.7. The summed E-state index contributed by atoms with van der Waals surface area (Å²) in [5.41, 5.74) is 2.48. The van der Waals surface area contributed by atoms with Crippen LogP contribution < -0.4 is 10.1 Å². The van der Waals surface area contributed by atoms with Crippen molar-refractivity contribution in [2.24, 2.45) is 17.8 Å². The van der Waals surface area contributed by atoms with Crippen LogP contribution in [0, 0.1) is 31.6 Å². The quantitative estimate of drug-likeness (QED) is 0.469. The third-order valence-corrected chi connectivity index (χ3v) is 7.28. The lowest BCUT2D eigenvalue weighted by Gasteiger charge is -2.20. The van der Waals surface area contributed by atoms with Gasteiger partial charge in [0.25, 0.3) is 5.91 Å². The number of aromatic nitrogens is 2. The molecule has 0 radical (unpaired) electrons. The number of carbonyl (C=O) groups excluding carboxylic acids is 1. The zero-order chi connectivity index (χ0) is 24.7. The van der Waals surface area contributed by atoms with Gasteiger partial charge < -0.3 is 19.6 Å². The summed E-state index contributed by atoms with van der Waals surface area (Å²) in [7, 11) is 0. The van der Waals surface area contributed by atoms with E-state index < -0.39 is 12.7 Å². The van der Waals surface area contributed by atoms with Gasteiger partial charge in [-0.3, -0.25) is 9.69 Å². The fraction of sp³-hybridized carbons (Fsp3) is 0.520. The number of aromatic amines is 1. The van der Waals surface area contributed by atoms with Gasteiger partial charge in [0.05, 0.1) is 24.5 Å². The van der Waals surface area contributed by atoms with E-state index >= 15 is 0 Å². The lowest BCUT2D eigenvalue weighted by atomic mass is 10.0. The molecular weight excluding hydrogens is 461 g/mol. The summed E-state index contributed by atoms with van der Waals surface area (Å²) in [6.45, 7) is 4.28. The second-order valence-electron chi connectivity index (χ2n) is 9.87. The van der Waals surface area contributed by atoms with E-state index in [1.165, 1.54) is 0 Å². The molecule has 2 fully saturated rings. The first-order chi connectivity index (χ1) is 16.7. The standard InChI is InChI=1S/C25H29F3N4O3/c1-14-23(15(2)35-31-14)24(33)30-22-10-29-21-4-3-19(9-20(21)22)34-6-5-16-7-17-11-32(12-18(17)8-16)13-25(26,27)28/h3-4,9-10,16-18,29H,5-8,11-13H2,1-2H3,(H,30,33)/t16-,17-,18+. The molecule has 0 bridgehead atoms. The third kappa shape index (κ3) is 5.17. The smallest absolute Gasteiger partial charge is 0.401 e. The summed E-state index contributed by atoms with van der Waals surface area (Å²) in [5, 5.41) is 7.59. The molecule has 3 atom stereocenters. The van der Waals surface area contributed by atoms with E-state index in [1.807, 2.05) is 18.2 Å². The largest absolute Gasteiger partial charge is 0.494 e. The molecule has 7 nitrogen and oxygen atoms in total. The number of hydrogen-bond acceptors (Lipinski definition) is 5. The second kappa shape index (κ2) is 9.22. The Labute approximate surface area is 201 Å². The van der Waals surface area contributed by atoms with Gasteiger partial charge in [0, 0.05) is 30.2 Å². The topological polar surface area (TPSA) is 83.4 Å². The van der Waals surface area contributed by atoms with E-state index in [1.54, 1.807) is 24.9 Å². The van der Waals surface area contributed by atoms with Crippen molar-refractivity contribution in [3.8, 4) is 5.75 Å². The minimum Gasteiger partial charge on any atom is -0.494 e. The number of ether oxygens (including phenoxy) is 1. The number of carbonyl (C=O) groups is 1. The molecule has 35 heavy (non-hydrogen) atoms. The van der Waals surface area contributed by atoms with Gasteiger partial charge in [-0.05, 0) is 69.1 Å². The van der Waals surface area contributed by atoms with Crippen LogP contribution in [-0.2, 0) is 0 Å². The molecule has 1 saturated heterocycles. The van der Waals surface area contributed by atoms with Gasteiger partial charge in [0.1, 0.15) is 17.1 Å². The van der Waals surface area contributed by atoms with E-state index in [4.69, 9.17) is 9.26 Å². The van der Waals surface area contributed by atoms with Crippen LogP contribution >= 0.6 is 0 Å². The number of fused-ring (bicyclic) bond motifs is 2. The first kappa shape index (κ1) is 23.7. The number of amides is 1. The van der Waals surface area contributed by atoms with Gasteiger partial charge in [-0.2, -0.15) is 13.2 Å². The van der Waals surface area contributed by atoms with Crippen molar-refractivity contribution in [3.63, 3.8) is 0 Å². The van der Waals surface area contributed by atoms with E-state index in [0.717, 1.165) is 30.2 Å². The molecule has 2 aliphatic rings. The minimum atomic E-state index is -4.12. The number of nitrogens with zero attached hydrogens (tertiary/aromatic N) is 2. The Morgan fingerprint density at radius 3 is 2.66 bits per heavy atom. The van der Waals surface area contributed by atoms with E-state index in [2.05, 4.69) is 15.5 Å². The average Bonchev–Trinajstić information content (AvgIpc) is 3.51. The van der Waals surface area contributed by atoms with Crippen LogP contribution in [0.25, 0.3) is 10.9 Å². The number of anilines is 1. The van der Waals surface area contributed by atoms with Crippen LogP contribution in [0.1, 0.15) is 41.1 Å². The minimum absolute atomic E-state index is 0.283. The first-order valence-corrected chi connectivity index (χ1v) is 11.9. The molecule has 0 unspecified atom stereocenters. The monoisotopic (exact) mass is 490 g/mol. The molecule has 1 aliphatic heterocycles. The SMILES string of the molecule is Cc1noc(C)c1C(=O)Nc1c[nH]c2ccc(OCC[C@@H]3C[C@@H]4CN(CC(F)(F)F)C[C@@H]4C3)cc12. The second-order valence-corrected chi connectivity index (χ2v) is 9.87. The third-order valence-electron chi connectivity index (χ3n) is 7.28. The molecule has 3 heterocycles. The van der Waals surface area contributed by atoms with Crippen molar-refractivity contribution in [2.45, 2.75) is 39.3 Å². The summed E-state index contributed by atoms with van der Waals surface area (Å²) >= 11 is 0. The molecule has 1 saturated carbocycles. The van der Waals surface area contributed by atoms with Crippen LogP contribution in [0.2, 0.25) is 0 Å². The van der Waals surface area contributed by atoms with Gasteiger partial charge in [0.15, 0.2) is 0 Å². The molecule has 0 spiro atoms. The number of hydrogen-bond donors (Lipinski definition) is 2. The number of H-pyrrole nitrogens is 1. The molecule has 5 rings (SSSR count). The Morgan fingerprint density at radius 1 is 1.26 bits per heavy atom. The van der Waals surface area contributed by atoms with Gasteiger partial charge >= 0.3 is 6.18 Å². The Bertz CT molecular complexity index is 1180. The van der Waals surface area contributed by atoms with Crippen LogP contribution in [-0.4, -0.2) is 53.4 Å². The summed E-state index contributed by atoms with van der Waals surface area (Å²) in [5.74, 6) is 2.10. The molecular formula is C25H29F3N4O3. The highest BCUT2D eigenvalue weighted by atomic mass is 19.4. The van der Waals surface area contributed by atoms with Crippen LogP contribution in [0.3, 0.4) is 0 Å². The average molecular weight is 491 g/mol. The Hall–Kier alpha value is -3.01. The lowest BCUT2D eigenvalue weighted by Crippen LogP contribution is -2.33. The normalized spacial score (nSPS) is 22.6. The fourth-order valence-corrected chi connectivity index (χ4v) is 5.77. The van der Waals surface area contributed by atoms with Gasteiger partial charge in [-0.25, -0.2) is 0 Å². The van der Waals surface area contributed by atoms with Crippen molar-refractivity contribution in [2.75, 3.05) is 31.6 Å². The molecule has 3 aromatic rings. The Kier molecular flexibility index (Phi) is 6.25. The van der Waals surface area contributed by atoms with E-state index in [0.29, 0.717) is 65.9 Å². The lowest BCUT2D eigenvalue weighted by molar-refractivity contribution is -0.144. The summed E-state index contributed by atoms with van der Waals surface area (Å²) in [6, 6.07) is 5.69. The molecule has 2 N–H and O–H groups in total. The number of alkyl halides is 3. The zero-order valence-corrected chi connectivity index (χ0v) is 19.7. The van der Waals surface area contributed by atoms with Crippen molar-refractivity contribution in [1.82, 2.24) is 15.0 Å². The van der Waals surface area contributed by atoms with Crippen LogP contribution in [0.15, 0.2) is 28.9 Å². The fourth-order valence-electron chi connectivity index (χ4n) is 5.77. The maximum atomic E-state index is 12.7. The van der Waals surface area contributed by atoms with E-state index in [-0.39, 0.29) is 5.91 Å². The van der Waals surface area contributed by atoms with Crippen LogP contribution in [0.4, 0.5) is 18.9 Å². The number of aryl methyl sites for hydroxylation is 2. The van der Waals surface area contributed by atoms with E-state index in [9.17, 15) is 18.0 Å². The molecule has 1 aliphatic carbocycles. The first-order valence-electron chi connectivity index (χ1n) is 11.9. The predicted molar refractivity (Wildman–Crippen MR) is 125 cm³/mol.